The number of aromatic carboxylic acids is 1. The molecule has 18 heavy (non-hydrogen) atoms. The number of aromatic nitrogens is 1. The van der Waals surface area contributed by atoms with Crippen LogP contribution in [0.4, 0.5) is 0 Å². The molecule has 0 atom stereocenters. The number of benzene rings is 1. The van der Waals surface area contributed by atoms with Crippen LogP contribution >= 0.6 is 43.2 Å². The highest BCUT2D eigenvalue weighted by molar-refractivity contribution is 9.11. The first-order valence-electron chi connectivity index (χ1n) is 4.82. The monoisotopic (exact) mass is 391 g/mol. The third kappa shape index (κ3) is 3.30. The van der Waals surface area contributed by atoms with Crippen LogP contribution in [0.2, 0.25) is 0 Å². The van der Waals surface area contributed by atoms with E-state index in [1.54, 1.807) is 5.38 Å². The smallest absolute Gasteiger partial charge is 0.365 e. The van der Waals surface area contributed by atoms with Crippen LogP contribution in [0.25, 0.3) is 0 Å². The molecule has 1 N–H and O–H groups in total. The molecule has 0 fully saturated rings. The summed E-state index contributed by atoms with van der Waals surface area (Å²) in [5, 5.41) is 10.5. The molecule has 0 aliphatic carbocycles. The highest BCUT2D eigenvalue weighted by atomic mass is 79.9. The van der Waals surface area contributed by atoms with Gasteiger partial charge < -0.3 is 9.84 Å². The largest absolute Gasteiger partial charge is 0.486 e. The lowest BCUT2D eigenvalue weighted by Gasteiger charge is -2.06. The molecule has 0 unspecified atom stereocenters. The van der Waals surface area contributed by atoms with Crippen molar-refractivity contribution in [3.8, 4) is 5.75 Å². The maximum absolute atomic E-state index is 10.7. The van der Waals surface area contributed by atoms with Gasteiger partial charge in [0.2, 0.25) is 5.01 Å². The lowest BCUT2D eigenvalue weighted by Crippen LogP contribution is -1.99. The Morgan fingerprint density at radius 1 is 1.44 bits per heavy atom. The highest BCUT2D eigenvalue weighted by Crippen LogP contribution is 2.28. The van der Waals surface area contributed by atoms with Crippen molar-refractivity contribution in [2.45, 2.75) is 6.61 Å². The van der Waals surface area contributed by atoms with Gasteiger partial charge in [0.05, 0.1) is 10.2 Å². The molecule has 2 rings (SSSR count). The Kier molecular flexibility index (Phi) is 4.36. The molecule has 1 heterocycles. The summed E-state index contributed by atoms with van der Waals surface area (Å²) < 4.78 is 7.33. The van der Waals surface area contributed by atoms with Crippen LogP contribution in [0.5, 0.6) is 5.75 Å². The lowest BCUT2D eigenvalue weighted by molar-refractivity contribution is 0.0696. The van der Waals surface area contributed by atoms with Crippen LogP contribution in [-0.2, 0) is 6.61 Å². The van der Waals surface area contributed by atoms with Crippen molar-refractivity contribution in [2.75, 3.05) is 0 Å². The second-order valence-electron chi connectivity index (χ2n) is 3.31. The Bertz CT molecular complexity index is 585. The third-order valence-corrected chi connectivity index (χ3v) is 4.00. The Morgan fingerprint density at radius 2 is 2.22 bits per heavy atom. The van der Waals surface area contributed by atoms with Gasteiger partial charge in [0, 0.05) is 9.85 Å². The topological polar surface area (TPSA) is 59.4 Å². The molecule has 0 saturated heterocycles. The zero-order chi connectivity index (χ0) is 13.1. The summed E-state index contributed by atoms with van der Waals surface area (Å²) in [5.41, 5.74) is 0.604. The van der Waals surface area contributed by atoms with E-state index in [9.17, 15) is 4.79 Å². The fourth-order valence-electron chi connectivity index (χ4n) is 1.22. The summed E-state index contributed by atoms with van der Waals surface area (Å²) in [5.74, 6) is -0.334. The lowest BCUT2D eigenvalue weighted by atomic mass is 10.3. The molecule has 0 radical (unpaired) electrons. The fraction of sp³-hybridized carbons (Fsp3) is 0.0909. The average Bonchev–Trinajstić information content (AvgIpc) is 2.76. The van der Waals surface area contributed by atoms with Crippen LogP contribution in [0.1, 0.15) is 15.5 Å². The maximum Gasteiger partial charge on any atom is 0.365 e. The van der Waals surface area contributed by atoms with E-state index >= 15 is 0 Å². The number of rotatable bonds is 4. The molecule has 1 aromatic heterocycles. The number of hydrogen-bond acceptors (Lipinski definition) is 4. The van der Waals surface area contributed by atoms with E-state index < -0.39 is 5.97 Å². The van der Waals surface area contributed by atoms with Crippen LogP contribution in [-0.4, -0.2) is 16.1 Å². The first-order valence-corrected chi connectivity index (χ1v) is 7.28. The number of carboxylic acid groups (broad SMARTS) is 1. The standard InChI is InChI=1S/C11H7Br2NO3S/c12-6-1-2-9(8(13)3-6)17-4-7-5-18-10(14-7)11(15)16/h1-3,5H,4H2,(H,15,16). The van der Waals surface area contributed by atoms with E-state index in [1.165, 1.54) is 0 Å². The van der Waals surface area contributed by atoms with Crippen molar-refractivity contribution in [3.63, 3.8) is 0 Å². The van der Waals surface area contributed by atoms with Gasteiger partial charge in [0.1, 0.15) is 12.4 Å². The molecular weight excluding hydrogens is 386 g/mol. The number of halogens is 2. The van der Waals surface area contributed by atoms with Crippen molar-refractivity contribution < 1.29 is 14.6 Å². The normalized spacial score (nSPS) is 10.3. The van der Waals surface area contributed by atoms with Crippen molar-refractivity contribution in [2.24, 2.45) is 0 Å². The first-order chi connectivity index (χ1) is 8.56. The summed E-state index contributed by atoms with van der Waals surface area (Å²) in [7, 11) is 0. The summed E-state index contributed by atoms with van der Waals surface area (Å²) in [6.45, 7) is 0.240. The summed E-state index contributed by atoms with van der Waals surface area (Å²) >= 11 is 7.82. The molecule has 4 nitrogen and oxygen atoms in total. The van der Waals surface area contributed by atoms with Gasteiger partial charge in [-0.15, -0.1) is 11.3 Å². The van der Waals surface area contributed by atoms with Gasteiger partial charge in [-0.2, -0.15) is 0 Å². The van der Waals surface area contributed by atoms with Crippen molar-refractivity contribution in [3.05, 3.63) is 43.2 Å². The molecule has 0 amide bonds. The number of carboxylic acids is 1. The highest BCUT2D eigenvalue weighted by Gasteiger charge is 2.09. The van der Waals surface area contributed by atoms with Crippen molar-refractivity contribution >= 4 is 49.2 Å². The maximum atomic E-state index is 10.7. The summed E-state index contributed by atoms with van der Waals surface area (Å²) in [6, 6.07) is 5.56. The van der Waals surface area contributed by atoms with Gasteiger partial charge in [-0.25, -0.2) is 9.78 Å². The van der Waals surface area contributed by atoms with Crippen molar-refractivity contribution in [1.82, 2.24) is 4.98 Å². The minimum absolute atomic E-state index is 0.0727. The molecule has 0 aliphatic rings. The van der Waals surface area contributed by atoms with E-state index in [0.717, 1.165) is 20.3 Å². The minimum atomic E-state index is -1.02. The molecule has 2 aromatic rings. The van der Waals surface area contributed by atoms with E-state index in [0.29, 0.717) is 11.4 Å². The van der Waals surface area contributed by atoms with Gasteiger partial charge in [0.25, 0.3) is 0 Å². The van der Waals surface area contributed by atoms with Crippen LogP contribution in [0.3, 0.4) is 0 Å². The molecule has 7 heteroatoms. The molecule has 0 aliphatic heterocycles. The Hall–Kier alpha value is -0.920. The van der Waals surface area contributed by atoms with Crippen LogP contribution in [0, 0.1) is 0 Å². The van der Waals surface area contributed by atoms with Gasteiger partial charge in [-0.3, -0.25) is 0 Å². The second kappa shape index (κ2) is 5.81. The van der Waals surface area contributed by atoms with E-state index in [1.807, 2.05) is 18.2 Å². The zero-order valence-corrected chi connectivity index (χ0v) is 12.9. The minimum Gasteiger partial charge on any atom is -0.486 e. The predicted octanol–water partition coefficient (Wildman–Crippen LogP) is 3.95. The van der Waals surface area contributed by atoms with Gasteiger partial charge in [-0.05, 0) is 34.1 Å². The number of nitrogens with zero attached hydrogens (tertiary/aromatic N) is 1. The average molecular weight is 393 g/mol. The zero-order valence-electron chi connectivity index (χ0n) is 8.89. The van der Waals surface area contributed by atoms with Gasteiger partial charge in [0.15, 0.2) is 0 Å². The second-order valence-corrected chi connectivity index (χ2v) is 5.94. The number of carbonyl (C=O) groups is 1. The van der Waals surface area contributed by atoms with Crippen LogP contribution in [0.15, 0.2) is 32.5 Å². The number of thiazole rings is 1. The number of hydrogen-bond donors (Lipinski definition) is 1. The molecule has 0 saturated carbocycles. The Morgan fingerprint density at radius 3 is 2.83 bits per heavy atom. The Balaban J connectivity index is 2.04. The molecule has 0 bridgehead atoms. The van der Waals surface area contributed by atoms with E-state index in [-0.39, 0.29) is 11.6 Å². The molecule has 0 spiro atoms. The van der Waals surface area contributed by atoms with Crippen molar-refractivity contribution in [1.29, 1.82) is 0 Å². The quantitative estimate of drug-likeness (QED) is 0.855. The summed E-state index contributed by atoms with van der Waals surface area (Å²) in [4.78, 5) is 14.6. The molecule has 1 aromatic carbocycles. The van der Waals surface area contributed by atoms with Gasteiger partial charge in [-0.1, -0.05) is 15.9 Å². The van der Waals surface area contributed by atoms with Gasteiger partial charge >= 0.3 is 5.97 Å². The fourth-order valence-corrected chi connectivity index (χ4v) is 3.02. The van der Waals surface area contributed by atoms with E-state index in [2.05, 4.69) is 36.8 Å². The summed E-state index contributed by atoms with van der Waals surface area (Å²) in [6.07, 6.45) is 0. The predicted molar refractivity (Wildman–Crippen MR) is 75.2 cm³/mol. The third-order valence-electron chi connectivity index (χ3n) is 2.00. The molecular formula is C11H7Br2NO3S. The van der Waals surface area contributed by atoms with Crippen LogP contribution < -0.4 is 4.74 Å². The number of ether oxygens (including phenoxy) is 1. The molecule has 94 valence electrons. The Labute approximate surface area is 124 Å². The van der Waals surface area contributed by atoms with E-state index in [4.69, 9.17) is 9.84 Å². The first kappa shape index (κ1) is 13.5. The SMILES string of the molecule is O=C(O)c1nc(COc2ccc(Br)cc2Br)cs1.